The molecule has 0 spiro atoms. The number of hydrogen-bond acceptors (Lipinski definition) is 8. The van der Waals surface area contributed by atoms with Crippen LogP contribution < -0.4 is 0 Å². The first-order chi connectivity index (χ1) is 35.2. The minimum atomic E-state index is 0. The Balaban J connectivity index is 0.000000173. The van der Waals surface area contributed by atoms with Crippen LogP contribution in [0.1, 0.15) is 5.56 Å². The van der Waals surface area contributed by atoms with E-state index in [9.17, 15) is 0 Å². The molecule has 2 atom stereocenters. The van der Waals surface area contributed by atoms with E-state index in [0.717, 1.165) is 71.9 Å². The molecule has 0 bridgehead atoms. The largest absolute Gasteiger partial charge is 0.481 e. The minimum absolute atomic E-state index is 0. The van der Waals surface area contributed by atoms with E-state index in [0.29, 0.717) is 17.7 Å². The predicted octanol–water partition coefficient (Wildman–Crippen LogP) is 14.3. The van der Waals surface area contributed by atoms with Crippen molar-refractivity contribution in [3.05, 3.63) is 273 Å². The summed E-state index contributed by atoms with van der Waals surface area (Å²) in [6.07, 6.45) is 23.4. The summed E-state index contributed by atoms with van der Waals surface area (Å²) < 4.78 is 5.61. The molecular weight excluding hydrogens is 1830 g/mol. The van der Waals surface area contributed by atoms with Crippen LogP contribution in [0.25, 0.3) is 83.0 Å². The Morgan fingerprint density at radius 2 is 1.07 bits per heavy atom. The maximum atomic E-state index is 5.61. The van der Waals surface area contributed by atoms with Gasteiger partial charge in [-0.05, 0) is 81.4 Å². The van der Waals surface area contributed by atoms with Crippen LogP contribution in [-0.2, 0) is 101 Å². The summed E-state index contributed by atoms with van der Waals surface area (Å²) in [7, 11) is 0. The van der Waals surface area contributed by atoms with Gasteiger partial charge in [0.25, 0.3) is 0 Å². The van der Waals surface area contributed by atoms with Crippen molar-refractivity contribution in [1.29, 1.82) is 0 Å². The third-order valence-corrected chi connectivity index (χ3v) is 11.4. The van der Waals surface area contributed by atoms with Gasteiger partial charge in [0.15, 0.2) is 0 Å². The van der Waals surface area contributed by atoms with Gasteiger partial charge >= 0.3 is 0 Å². The summed E-state index contributed by atoms with van der Waals surface area (Å²) in [4.78, 5) is 29.9. The molecular formula is C63H42Ir5N7O-5. The smallest absolute Gasteiger partial charge is 0.141 e. The minimum Gasteiger partial charge on any atom is -0.481 e. The number of hydrogen-bond donors (Lipinski definition) is 0. The molecule has 1 aliphatic carbocycles. The van der Waals surface area contributed by atoms with Gasteiger partial charge in [-0.2, -0.15) is 11.6 Å². The average Bonchev–Trinajstić information content (AvgIpc) is 3.92. The zero-order valence-corrected chi connectivity index (χ0v) is 51.9. The molecule has 0 amide bonds. The second-order valence-electron chi connectivity index (χ2n) is 16.1. The maximum absolute atomic E-state index is 5.61. The first-order valence-electron chi connectivity index (χ1n) is 23.0. The van der Waals surface area contributed by atoms with Crippen molar-refractivity contribution < 1.29 is 105 Å². The SMILES string of the molecule is [Ir].[Ir].[Ir].[Ir].[Ir].[c-]1cccc2ccc3cccnc3c12.[c-]1ccccc1-c1nc2ccccc2o1.[c-]1ccccc1C1=CC2C=CC=CC2C=N1.[c-]1ccnc2ccc3cccnc3c12.[c-]1cnccc1-c1ccccn1. The molecule has 1 aliphatic heterocycles. The van der Waals surface area contributed by atoms with Gasteiger partial charge in [0.2, 0.25) is 0 Å². The van der Waals surface area contributed by atoms with E-state index in [4.69, 9.17) is 4.42 Å². The number of pyridine rings is 5. The molecule has 0 fully saturated rings. The molecule has 13 heteroatoms. The molecule has 14 rings (SSSR count). The van der Waals surface area contributed by atoms with Crippen LogP contribution in [-0.4, -0.2) is 36.1 Å². The number of nitrogens with zero attached hydrogens (tertiary/aromatic N) is 7. The first-order valence-corrected chi connectivity index (χ1v) is 23.0. The molecule has 2 unspecified atom stereocenters. The number of aromatic nitrogens is 6. The van der Waals surface area contributed by atoms with Gasteiger partial charge in [0.05, 0.1) is 5.52 Å². The fraction of sp³-hybridized carbons (Fsp3) is 0.0317. The zero-order valence-electron chi connectivity index (χ0n) is 40.0. The molecule has 0 saturated heterocycles. The molecule has 6 aromatic heterocycles. The monoisotopic (exact) mass is 1880 g/mol. The van der Waals surface area contributed by atoms with E-state index >= 15 is 0 Å². The Labute approximate surface area is 509 Å². The number of para-hydroxylation sites is 2. The fourth-order valence-corrected chi connectivity index (χ4v) is 7.93. The Kier molecular flexibility index (Phi) is 24.8. The quantitative estimate of drug-likeness (QED) is 0.128. The van der Waals surface area contributed by atoms with Crippen LogP contribution in [0.4, 0.5) is 0 Å². The fourth-order valence-electron chi connectivity index (χ4n) is 7.93. The van der Waals surface area contributed by atoms with E-state index in [1.807, 2.05) is 158 Å². The number of aliphatic imine (C=N–C) groups is 1. The molecule has 2 aliphatic rings. The van der Waals surface area contributed by atoms with Crippen LogP contribution in [0.15, 0.2) is 247 Å². The predicted molar refractivity (Wildman–Crippen MR) is 286 cm³/mol. The van der Waals surface area contributed by atoms with Gasteiger partial charge in [-0.25, -0.2) is 0 Å². The van der Waals surface area contributed by atoms with Gasteiger partial charge in [-0.3, -0.25) is 9.97 Å². The summed E-state index contributed by atoms with van der Waals surface area (Å²) in [6, 6.07) is 70.8. The van der Waals surface area contributed by atoms with Crippen molar-refractivity contribution in [2.45, 2.75) is 0 Å². The number of rotatable bonds is 3. The number of oxazole rings is 1. The molecule has 76 heavy (non-hydrogen) atoms. The average molecular weight is 1870 g/mol. The van der Waals surface area contributed by atoms with E-state index in [1.165, 1.54) is 10.8 Å². The van der Waals surface area contributed by atoms with Crippen molar-refractivity contribution >= 4 is 66.5 Å². The van der Waals surface area contributed by atoms with Gasteiger partial charge in [0, 0.05) is 137 Å². The standard InChI is InChI=1S/C15H12N.C13H8NO.C13H8N.C12H7N2.C10H7N2.5Ir/c1-2-6-12(7-3-1)15-10-13-8-4-5-9-14(13)11-16-15;1-2-6-10(7-3-1)13-14-11-8-4-5-9-12(11)15-13;1-2-6-12-10(4-1)7-8-11-5-3-9-14-13(11)12;1-3-9-5-6-11-10(4-2-7-13-11)12(9)14-8-1;1-2-6-12-10(3-1)9-4-7-11-8-5-9;;;;;/h1-6,8-11,13-14H;1-6,8-9H;1-5,7-9H;1-3,5-8H;1-4,6-8H;;;;;/q5*-1;;;;;. The Bertz CT molecular complexity index is 3520. The molecule has 12 aromatic rings. The maximum Gasteiger partial charge on any atom is 0.141 e. The second-order valence-corrected chi connectivity index (χ2v) is 16.1. The van der Waals surface area contributed by atoms with E-state index in [2.05, 4.69) is 120 Å². The number of benzene rings is 6. The molecule has 8 nitrogen and oxygen atoms in total. The van der Waals surface area contributed by atoms with Gasteiger partial charge in [-0.1, -0.05) is 108 Å². The van der Waals surface area contributed by atoms with E-state index in [-0.39, 0.29) is 101 Å². The zero-order chi connectivity index (χ0) is 47.9. The van der Waals surface area contributed by atoms with Crippen LogP contribution in [0, 0.1) is 42.2 Å². The van der Waals surface area contributed by atoms with Crippen molar-refractivity contribution in [2.75, 3.05) is 0 Å². The summed E-state index contributed by atoms with van der Waals surface area (Å²) >= 11 is 0. The molecule has 0 N–H and O–H groups in total. The molecule has 6 aromatic carbocycles. The van der Waals surface area contributed by atoms with Gasteiger partial charge in [0.1, 0.15) is 11.5 Å². The summed E-state index contributed by atoms with van der Waals surface area (Å²) in [5, 5.41) is 5.58. The Morgan fingerprint density at radius 1 is 0.421 bits per heavy atom. The number of fused-ring (bicyclic) bond motifs is 8. The summed E-state index contributed by atoms with van der Waals surface area (Å²) in [5.74, 6) is 1.50. The van der Waals surface area contributed by atoms with Crippen molar-refractivity contribution in [3.63, 3.8) is 0 Å². The van der Waals surface area contributed by atoms with Crippen LogP contribution in [0.5, 0.6) is 0 Å². The second kappa shape index (κ2) is 31.1. The van der Waals surface area contributed by atoms with Gasteiger partial charge < -0.3 is 29.3 Å². The molecule has 7 heterocycles. The third-order valence-electron chi connectivity index (χ3n) is 11.4. The summed E-state index contributed by atoms with van der Waals surface area (Å²) in [5.41, 5.74) is 9.53. The van der Waals surface area contributed by atoms with Crippen LogP contribution in [0.3, 0.4) is 0 Å². The molecule has 385 valence electrons. The van der Waals surface area contributed by atoms with Crippen molar-refractivity contribution in [2.24, 2.45) is 16.8 Å². The molecule has 5 radical (unpaired) electrons. The third kappa shape index (κ3) is 15.7. The summed E-state index contributed by atoms with van der Waals surface area (Å²) in [6.45, 7) is 0. The Hall–Kier alpha value is -6.28. The van der Waals surface area contributed by atoms with E-state index in [1.54, 1.807) is 31.0 Å². The van der Waals surface area contributed by atoms with Crippen molar-refractivity contribution in [1.82, 2.24) is 29.9 Å². The normalized spacial score (nSPS) is 13.2. The van der Waals surface area contributed by atoms with Crippen molar-refractivity contribution in [3.8, 4) is 22.7 Å². The molecule has 0 saturated carbocycles. The topological polar surface area (TPSA) is 103 Å². The van der Waals surface area contributed by atoms with Crippen LogP contribution in [0.2, 0.25) is 0 Å². The number of allylic oxidation sites excluding steroid dienone is 5. The first kappa shape index (κ1) is 60.6. The Morgan fingerprint density at radius 3 is 1.78 bits per heavy atom. The van der Waals surface area contributed by atoms with Crippen LogP contribution >= 0.6 is 0 Å². The van der Waals surface area contributed by atoms with Gasteiger partial charge in [-0.15, -0.1) is 119 Å². The van der Waals surface area contributed by atoms with E-state index < -0.39 is 0 Å².